The van der Waals surface area contributed by atoms with Crippen molar-refractivity contribution in [1.82, 2.24) is 9.78 Å². The van der Waals surface area contributed by atoms with Gasteiger partial charge in [-0.2, -0.15) is 11.8 Å². The van der Waals surface area contributed by atoms with Crippen molar-refractivity contribution in [1.29, 1.82) is 0 Å². The summed E-state index contributed by atoms with van der Waals surface area (Å²) in [6.07, 6.45) is 1.17. The van der Waals surface area contributed by atoms with Gasteiger partial charge < -0.3 is 0 Å². The van der Waals surface area contributed by atoms with Gasteiger partial charge in [-0.15, -0.1) is 0 Å². The fourth-order valence-electron chi connectivity index (χ4n) is 1.15. The normalized spacial score (nSPS) is 13.1. The molecule has 80 valence electrons. The Morgan fingerprint density at radius 2 is 2.29 bits per heavy atom. The van der Waals surface area contributed by atoms with E-state index in [2.05, 4.69) is 18.9 Å². The van der Waals surface area contributed by atoms with Gasteiger partial charge in [-0.05, 0) is 13.3 Å². The SMILES string of the molecule is CCC(C)SCc1cc(=O)n(CC)[nH]1. The average Bonchev–Trinajstić information content (AvgIpc) is 2.55. The van der Waals surface area contributed by atoms with Gasteiger partial charge in [0, 0.05) is 29.3 Å². The van der Waals surface area contributed by atoms with Gasteiger partial charge in [0.15, 0.2) is 0 Å². The van der Waals surface area contributed by atoms with Crippen molar-refractivity contribution in [3.05, 3.63) is 22.1 Å². The van der Waals surface area contributed by atoms with E-state index in [9.17, 15) is 4.79 Å². The van der Waals surface area contributed by atoms with Crippen LogP contribution in [0.4, 0.5) is 0 Å². The summed E-state index contributed by atoms with van der Waals surface area (Å²) >= 11 is 1.88. The smallest absolute Gasteiger partial charge is 0.266 e. The molecule has 0 bridgehead atoms. The minimum atomic E-state index is 0.0762. The van der Waals surface area contributed by atoms with Crippen LogP contribution in [-0.2, 0) is 12.3 Å². The van der Waals surface area contributed by atoms with Crippen LogP contribution < -0.4 is 5.56 Å². The van der Waals surface area contributed by atoms with Crippen LogP contribution in [0.15, 0.2) is 10.9 Å². The third-order valence-corrected chi connectivity index (χ3v) is 3.64. The van der Waals surface area contributed by atoms with Crippen molar-refractivity contribution < 1.29 is 0 Å². The molecule has 0 saturated heterocycles. The molecule has 1 atom stereocenters. The summed E-state index contributed by atoms with van der Waals surface area (Å²) in [4.78, 5) is 11.3. The molecule has 14 heavy (non-hydrogen) atoms. The third kappa shape index (κ3) is 2.94. The number of thioether (sulfide) groups is 1. The molecule has 1 N–H and O–H groups in total. The quantitative estimate of drug-likeness (QED) is 0.816. The van der Waals surface area contributed by atoms with Crippen LogP contribution in [-0.4, -0.2) is 15.0 Å². The van der Waals surface area contributed by atoms with Gasteiger partial charge in [0.05, 0.1) is 0 Å². The molecule has 1 heterocycles. The second-order valence-corrected chi connectivity index (χ2v) is 4.82. The summed E-state index contributed by atoms with van der Waals surface area (Å²) in [5.41, 5.74) is 1.11. The van der Waals surface area contributed by atoms with E-state index in [4.69, 9.17) is 0 Å². The highest BCUT2D eigenvalue weighted by molar-refractivity contribution is 7.99. The lowest BCUT2D eigenvalue weighted by Gasteiger charge is -2.05. The van der Waals surface area contributed by atoms with E-state index in [1.807, 2.05) is 18.7 Å². The third-order valence-electron chi connectivity index (χ3n) is 2.26. The summed E-state index contributed by atoms with van der Waals surface area (Å²) in [6, 6.07) is 1.69. The van der Waals surface area contributed by atoms with E-state index in [0.29, 0.717) is 11.8 Å². The zero-order valence-corrected chi connectivity index (χ0v) is 9.86. The highest BCUT2D eigenvalue weighted by Gasteiger charge is 2.04. The molecule has 0 aliphatic heterocycles. The Kier molecular flexibility index (Phi) is 4.32. The molecule has 1 aromatic rings. The minimum Gasteiger partial charge on any atom is -0.299 e. The summed E-state index contributed by atoms with van der Waals surface area (Å²) in [5, 5.41) is 3.75. The Labute approximate surface area is 88.9 Å². The fraction of sp³-hybridized carbons (Fsp3) is 0.700. The fourth-order valence-corrected chi connectivity index (χ4v) is 1.99. The van der Waals surface area contributed by atoms with Crippen LogP contribution in [0, 0.1) is 0 Å². The molecule has 1 aromatic heterocycles. The molecular weight excluding hydrogens is 196 g/mol. The van der Waals surface area contributed by atoms with Gasteiger partial charge in [0.25, 0.3) is 5.56 Å². The van der Waals surface area contributed by atoms with E-state index in [1.165, 1.54) is 6.42 Å². The summed E-state index contributed by atoms with van der Waals surface area (Å²) in [5.74, 6) is 0.900. The first-order valence-electron chi connectivity index (χ1n) is 5.07. The monoisotopic (exact) mass is 214 g/mol. The van der Waals surface area contributed by atoms with Crippen LogP contribution in [0.2, 0.25) is 0 Å². The lowest BCUT2D eigenvalue weighted by Crippen LogP contribution is -2.13. The van der Waals surface area contributed by atoms with Crippen LogP contribution in [0.25, 0.3) is 0 Å². The molecule has 4 heteroatoms. The number of aromatic amines is 1. The maximum Gasteiger partial charge on any atom is 0.266 e. The Hall–Kier alpha value is -0.640. The van der Waals surface area contributed by atoms with Gasteiger partial charge in [0.1, 0.15) is 0 Å². The molecule has 0 aromatic carbocycles. The molecule has 1 rings (SSSR count). The molecule has 0 fully saturated rings. The highest BCUT2D eigenvalue weighted by atomic mass is 32.2. The predicted molar refractivity (Wildman–Crippen MR) is 61.8 cm³/mol. The summed E-state index contributed by atoms with van der Waals surface area (Å²) in [7, 11) is 0. The number of hydrogen-bond acceptors (Lipinski definition) is 2. The van der Waals surface area contributed by atoms with Crippen molar-refractivity contribution in [3.8, 4) is 0 Å². The first kappa shape index (κ1) is 11.4. The zero-order chi connectivity index (χ0) is 10.6. The second-order valence-electron chi connectivity index (χ2n) is 3.39. The lowest BCUT2D eigenvalue weighted by atomic mass is 10.4. The van der Waals surface area contributed by atoms with Gasteiger partial charge in [0.2, 0.25) is 0 Å². The van der Waals surface area contributed by atoms with Gasteiger partial charge in [-0.1, -0.05) is 13.8 Å². The number of hydrogen-bond donors (Lipinski definition) is 1. The Morgan fingerprint density at radius 1 is 1.57 bits per heavy atom. The maximum atomic E-state index is 11.3. The summed E-state index contributed by atoms with van der Waals surface area (Å²) in [6.45, 7) is 7.06. The molecule has 0 saturated carbocycles. The molecule has 0 aliphatic rings. The minimum absolute atomic E-state index is 0.0762. The second kappa shape index (κ2) is 5.29. The van der Waals surface area contributed by atoms with Gasteiger partial charge in [-0.25, -0.2) is 0 Å². The van der Waals surface area contributed by atoms with E-state index in [1.54, 1.807) is 10.7 Å². The highest BCUT2D eigenvalue weighted by Crippen LogP contribution is 2.17. The zero-order valence-electron chi connectivity index (χ0n) is 9.04. The molecule has 0 aliphatic carbocycles. The number of aryl methyl sites for hydroxylation is 1. The lowest BCUT2D eigenvalue weighted by molar-refractivity contribution is 0.632. The van der Waals surface area contributed by atoms with Crippen molar-refractivity contribution in [3.63, 3.8) is 0 Å². The van der Waals surface area contributed by atoms with E-state index in [-0.39, 0.29) is 5.56 Å². The molecule has 0 radical (unpaired) electrons. The first-order valence-corrected chi connectivity index (χ1v) is 6.12. The number of H-pyrrole nitrogens is 1. The number of aromatic nitrogens is 2. The predicted octanol–water partition coefficient (Wildman–Crippen LogP) is 2.23. The maximum absolute atomic E-state index is 11.3. The van der Waals surface area contributed by atoms with Crippen molar-refractivity contribution in [2.45, 2.75) is 44.7 Å². The first-order chi connectivity index (χ1) is 6.67. The van der Waals surface area contributed by atoms with E-state index < -0.39 is 0 Å². The van der Waals surface area contributed by atoms with Gasteiger partial charge in [-0.3, -0.25) is 14.6 Å². The topological polar surface area (TPSA) is 37.8 Å². The number of nitrogens with zero attached hydrogens (tertiary/aromatic N) is 1. The Bertz CT molecular complexity index is 329. The van der Waals surface area contributed by atoms with Crippen LogP contribution in [0.1, 0.15) is 32.9 Å². The molecule has 0 spiro atoms. The van der Waals surface area contributed by atoms with Crippen LogP contribution in [0.3, 0.4) is 0 Å². The number of nitrogens with one attached hydrogen (secondary N) is 1. The van der Waals surface area contributed by atoms with Crippen molar-refractivity contribution in [2.24, 2.45) is 0 Å². The van der Waals surface area contributed by atoms with Crippen molar-refractivity contribution in [2.75, 3.05) is 0 Å². The Balaban J connectivity index is 2.55. The molecule has 1 unspecified atom stereocenters. The van der Waals surface area contributed by atoms with E-state index in [0.717, 1.165) is 11.4 Å². The summed E-state index contributed by atoms with van der Waals surface area (Å²) < 4.78 is 1.63. The van der Waals surface area contributed by atoms with Gasteiger partial charge >= 0.3 is 0 Å². The van der Waals surface area contributed by atoms with Crippen LogP contribution >= 0.6 is 11.8 Å². The standard InChI is InChI=1S/C10H18N2OS/c1-4-8(3)14-7-9-6-10(13)12(5-2)11-9/h6,8,11H,4-5,7H2,1-3H3. The Morgan fingerprint density at radius 3 is 2.79 bits per heavy atom. The molecular formula is C10H18N2OS. The number of rotatable bonds is 5. The van der Waals surface area contributed by atoms with Crippen LogP contribution in [0.5, 0.6) is 0 Å². The largest absolute Gasteiger partial charge is 0.299 e. The molecule has 3 nitrogen and oxygen atoms in total. The average molecular weight is 214 g/mol. The molecule has 0 amide bonds. The van der Waals surface area contributed by atoms with Crippen molar-refractivity contribution >= 4 is 11.8 Å². The van der Waals surface area contributed by atoms with E-state index >= 15 is 0 Å².